The number of nitrogens with one attached hydrogen (secondary N) is 1. The first kappa shape index (κ1) is 16.4. The fraction of sp³-hybridized carbons (Fsp3) is 0.200. The van der Waals surface area contributed by atoms with E-state index in [9.17, 15) is 0 Å². The molecule has 1 N–H and O–H groups in total. The fourth-order valence-electron chi connectivity index (χ4n) is 2.74. The Balaban J connectivity index is 1.42. The molecule has 2 aromatic carbocycles. The Morgan fingerprint density at radius 1 is 0.885 bits per heavy atom. The molecule has 1 aromatic heterocycles. The third-order valence-electron chi connectivity index (χ3n) is 4.07. The van der Waals surface area contributed by atoms with E-state index in [0.29, 0.717) is 5.95 Å². The van der Waals surface area contributed by atoms with E-state index >= 15 is 0 Å². The van der Waals surface area contributed by atoms with Crippen LogP contribution in [0.3, 0.4) is 0 Å². The van der Waals surface area contributed by atoms with Crippen molar-refractivity contribution >= 4 is 17.5 Å². The zero-order valence-electron chi connectivity index (χ0n) is 14.3. The SMILES string of the molecule is c1ccc(Oc2ccc(Nc3nccc(N4CCOCC4)n3)cc2)cc1. The van der Waals surface area contributed by atoms with Gasteiger partial charge in [0.15, 0.2) is 0 Å². The van der Waals surface area contributed by atoms with Crippen LogP contribution in [-0.4, -0.2) is 36.3 Å². The van der Waals surface area contributed by atoms with Gasteiger partial charge in [0.05, 0.1) is 13.2 Å². The minimum Gasteiger partial charge on any atom is -0.457 e. The first-order valence-corrected chi connectivity index (χ1v) is 8.62. The summed E-state index contributed by atoms with van der Waals surface area (Å²) < 4.78 is 11.2. The summed E-state index contributed by atoms with van der Waals surface area (Å²) in [6.07, 6.45) is 1.77. The molecule has 0 saturated carbocycles. The highest BCUT2D eigenvalue weighted by Crippen LogP contribution is 2.24. The van der Waals surface area contributed by atoms with Crippen molar-refractivity contribution in [1.29, 1.82) is 0 Å². The standard InChI is InChI=1S/C20H20N4O2/c1-2-4-17(5-3-1)26-18-8-6-16(7-9-18)22-20-21-11-10-19(23-20)24-12-14-25-15-13-24/h1-11H,12-15H2,(H,21,22,23). The van der Waals surface area contributed by atoms with Gasteiger partial charge in [-0.3, -0.25) is 0 Å². The summed E-state index contributed by atoms with van der Waals surface area (Å²) in [7, 11) is 0. The molecule has 0 radical (unpaired) electrons. The molecular formula is C20H20N4O2. The van der Waals surface area contributed by atoms with Gasteiger partial charge in [0.25, 0.3) is 0 Å². The monoisotopic (exact) mass is 348 g/mol. The second kappa shape index (κ2) is 7.84. The van der Waals surface area contributed by atoms with Crippen LogP contribution < -0.4 is 15.0 Å². The molecule has 1 saturated heterocycles. The predicted octanol–water partition coefficient (Wildman–Crippen LogP) is 3.85. The maximum absolute atomic E-state index is 5.80. The molecule has 0 atom stereocenters. The summed E-state index contributed by atoms with van der Waals surface area (Å²) in [5.41, 5.74) is 0.907. The summed E-state index contributed by atoms with van der Waals surface area (Å²) >= 11 is 0. The average Bonchev–Trinajstić information content (AvgIpc) is 2.71. The largest absolute Gasteiger partial charge is 0.457 e. The molecule has 0 unspecified atom stereocenters. The van der Waals surface area contributed by atoms with Crippen LogP contribution in [0, 0.1) is 0 Å². The molecular weight excluding hydrogens is 328 g/mol. The first-order chi connectivity index (χ1) is 12.9. The Bertz CT molecular complexity index is 834. The van der Waals surface area contributed by atoms with Crippen molar-refractivity contribution in [1.82, 2.24) is 9.97 Å². The van der Waals surface area contributed by atoms with E-state index in [4.69, 9.17) is 9.47 Å². The van der Waals surface area contributed by atoms with Crippen molar-refractivity contribution < 1.29 is 9.47 Å². The van der Waals surface area contributed by atoms with Crippen LogP contribution in [0.4, 0.5) is 17.5 Å². The Labute approximate surface area is 152 Å². The van der Waals surface area contributed by atoms with Crippen LogP contribution in [-0.2, 0) is 4.74 Å². The van der Waals surface area contributed by atoms with Gasteiger partial charge in [0.1, 0.15) is 17.3 Å². The molecule has 1 fully saturated rings. The van der Waals surface area contributed by atoms with Gasteiger partial charge >= 0.3 is 0 Å². The van der Waals surface area contributed by atoms with E-state index in [0.717, 1.165) is 49.3 Å². The van der Waals surface area contributed by atoms with Gasteiger partial charge in [0, 0.05) is 25.0 Å². The van der Waals surface area contributed by atoms with Crippen molar-refractivity contribution in [2.75, 3.05) is 36.5 Å². The van der Waals surface area contributed by atoms with E-state index < -0.39 is 0 Å². The van der Waals surface area contributed by atoms with Crippen LogP contribution in [0.5, 0.6) is 11.5 Å². The number of morpholine rings is 1. The van der Waals surface area contributed by atoms with E-state index in [1.165, 1.54) is 0 Å². The normalized spacial score (nSPS) is 14.1. The lowest BCUT2D eigenvalue weighted by atomic mass is 10.3. The highest BCUT2D eigenvalue weighted by atomic mass is 16.5. The number of ether oxygens (including phenoxy) is 2. The molecule has 0 aliphatic carbocycles. The van der Waals surface area contributed by atoms with E-state index in [1.807, 2.05) is 60.7 Å². The van der Waals surface area contributed by atoms with Crippen LogP contribution in [0.15, 0.2) is 66.9 Å². The molecule has 0 bridgehead atoms. The van der Waals surface area contributed by atoms with E-state index in [-0.39, 0.29) is 0 Å². The minimum atomic E-state index is 0.575. The Morgan fingerprint density at radius 3 is 2.38 bits per heavy atom. The molecule has 2 heterocycles. The molecule has 3 aromatic rings. The van der Waals surface area contributed by atoms with Gasteiger partial charge in [-0.25, -0.2) is 4.98 Å². The number of benzene rings is 2. The summed E-state index contributed by atoms with van der Waals surface area (Å²) in [5, 5.41) is 3.24. The van der Waals surface area contributed by atoms with Crippen LogP contribution >= 0.6 is 0 Å². The predicted molar refractivity (Wildman–Crippen MR) is 101 cm³/mol. The second-order valence-electron chi connectivity index (χ2n) is 5.90. The average molecular weight is 348 g/mol. The van der Waals surface area contributed by atoms with Gasteiger partial charge in [-0.15, -0.1) is 0 Å². The van der Waals surface area contributed by atoms with Crippen molar-refractivity contribution in [2.45, 2.75) is 0 Å². The minimum absolute atomic E-state index is 0.575. The molecule has 0 spiro atoms. The van der Waals surface area contributed by atoms with Gasteiger partial charge in [0.2, 0.25) is 5.95 Å². The van der Waals surface area contributed by atoms with Crippen molar-refractivity contribution in [3.8, 4) is 11.5 Å². The Morgan fingerprint density at radius 2 is 1.62 bits per heavy atom. The van der Waals surface area contributed by atoms with Crippen molar-refractivity contribution in [2.24, 2.45) is 0 Å². The Hall–Kier alpha value is -3.12. The number of anilines is 3. The maximum Gasteiger partial charge on any atom is 0.229 e. The first-order valence-electron chi connectivity index (χ1n) is 8.62. The molecule has 6 heteroatoms. The number of nitrogens with zero attached hydrogens (tertiary/aromatic N) is 3. The lowest BCUT2D eigenvalue weighted by Crippen LogP contribution is -2.36. The third-order valence-corrected chi connectivity index (χ3v) is 4.07. The summed E-state index contributed by atoms with van der Waals surface area (Å²) in [6, 6.07) is 19.4. The molecule has 26 heavy (non-hydrogen) atoms. The van der Waals surface area contributed by atoms with Gasteiger partial charge in [-0.05, 0) is 42.5 Å². The lowest BCUT2D eigenvalue weighted by molar-refractivity contribution is 0.122. The number of rotatable bonds is 5. The van der Waals surface area contributed by atoms with Gasteiger partial charge in [-0.1, -0.05) is 18.2 Å². The number of aromatic nitrogens is 2. The molecule has 1 aliphatic heterocycles. The smallest absolute Gasteiger partial charge is 0.229 e. The van der Waals surface area contributed by atoms with E-state index in [1.54, 1.807) is 6.20 Å². The van der Waals surface area contributed by atoms with Crippen molar-refractivity contribution in [3.63, 3.8) is 0 Å². The van der Waals surface area contributed by atoms with Crippen molar-refractivity contribution in [3.05, 3.63) is 66.9 Å². The molecule has 0 amide bonds. The molecule has 6 nitrogen and oxygen atoms in total. The maximum atomic E-state index is 5.80. The summed E-state index contributed by atoms with van der Waals surface area (Å²) in [4.78, 5) is 11.1. The molecule has 132 valence electrons. The van der Waals surface area contributed by atoms with E-state index in [2.05, 4.69) is 20.2 Å². The number of hydrogen-bond acceptors (Lipinski definition) is 6. The van der Waals surface area contributed by atoms with Crippen LogP contribution in [0.2, 0.25) is 0 Å². The number of para-hydroxylation sites is 1. The summed E-state index contributed by atoms with van der Waals surface area (Å²) in [6.45, 7) is 3.16. The molecule has 4 rings (SSSR count). The fourth-order valence-corrected chi connectivity index (χ4v) is 2.74. The zero-order chi connectivity index (χ0) is 17.6. The van der Waals surface area contributed by atoms with Crippen LogP contribution in [0.1, 0.15) is 0 Å². The quantitative estimate of drug-likeness (QED) is 0.756. The van der Waals surface area contributed by atoms with Gasteiger partial charge in [-0.2, -0.15) is 4.98 Å². The topological polar surface area (TPSA) is 59.5 Å². The lowest BCUT2D eigenvalue weighted by Gasteiger charge is -2.27. The second-order valence-corrected chi connectivity index (χ2v) is 5.90. The number of hydrogen-bond donors (Lipinski definition) is 1. The summed E-state index contributed by atoms with van der Waals surface area (Å²) in [5.74, 6) is 3.08. The van der Waals surface area contributed by atoms with Crippen LogP contribution in [0.25, 0.3) is 0 Å². The Kier molecular flexibility index (Phi) is 4.93. The highest BCUT2D eigenvalue weighted by Gasteiger charge is 2.13. The van der Waals surface area contributed by atoms with Gasteiger partial charge < -0.3 is 19.7 Å². The zero-order valence-corrected chi connectivity index (χ0v) is 14.3. The third kappa shape index (κ3) is 4.10. The molecule has 1 aliphatic rings. The highest BCUT2D eigenvalue weighted by molar-refractivity contribution is 5.56.